The molecule has 1 unspecified atom stereocenters. The molecule has 0 spiro atoms. The fraction of sp³-hybridized carbons (Fsp3) is 0.444. The fourth-order valence-electron chi connectivity index (χ4n) is 3.69. The summed E-state index contributed by atoms with van der Waals surface area (Å²) in [5, 5.41) is 14.4. The number of carbonyl (C=O) groups is 1. The molecule has 1 fully saturated rings. The molecule has 1 amide bonds. The van der Waals surface area contributed by atoms with Gasteiger partial charge in [-0.25, -0.2) is 9.07 Å². The van der Waals surface area contributed by atoms with Gasteiger partial charge in [0.2, 0.25) is 0 Å². The summed E-state index contributed by atoms with van der Waals surface area (Å²) in [6, 6.07) is 6.17. The van der Waals surface area contributed by atoms with Gasteiger partial charge in [-0.05, 0) is 56.4 Å². The van der Waals surface area contributed by atoms with Crippen molar-refractivity contribution in [3.8, 4) is 5.69 Å². The summed E-state index contributed by atoms with van der Waals surface area (Å²) in [5.74, 6) is -0.395. The lowest BCUT2D eigenvalue weighted by Gasteiger charge is -2.29. The number of aromatic nitrogens is 2. The molecular formula is C18H20FN3O2. The molecule has 6 heteroatoms. The molecular weight excluding hydrogens is 309 g/mol. The van der Waals surface area contributed by atoms with E-state index < -0.39 is 6.10 Å². The quantitative estimate of drug-likeness (QED) is 0.918. The number of rotatable bonds is 2. The van der Waals surface area contributed by atoms with Crippen LogP contribution in [0.1, 0.15) is 41.0 Å². The van der Waals surface area contributed by atoms with E-state index in [-0.39, 0.29) is 11.7 Å². The second-order valence-electron chi connectivity index (χ2n) is 6.56. The van der Waals surface area contributed by atoms with E-state index in [2.05, 4.69) is 5.10 Å². The smallest absolute Gasteiger partial charge is 0.274 e. The minimum Gasteiger partial charge on any atom is -0.391 e. The number of likely N-dealkylation sites (tertiary alicyclic amines) is 1. The Labute approximate surface area is 139 Å². The van der Waals surface area contributed by atoms with Crippen molar-refractivity contribution >= 4 is 5.91 Å². The molecule has 5 nitrogen and oxygen atoms in total. The highest BCUT2D eigenvalue weighted by molar-refractivity contribution is 5.94. The van der Waals surface area contributed by atoms with E-state index in [4.69, 9.17) is 0 Å². The van der Waals surface area contributed by atoms with E-state index >= 15 is 0 Å². The van der Waals surface area contributed by atoms with Gasteiger partial charge in [-0.15, -0.1) is 0 Å². The van der Waals surface area contributed by atoms with Gasteiger partial charge in [0.25, 0.3) is 5.91 Å². The number of halogens is 1. The number of nitrogens with zero attached hydrogens (tertiary/aromatic N) is 3. The highest BCUT2D eigenvalue weighted by atomic mass is 19.1. The van der Waals surface area contributed by atoms with Crippen LogP contribution in [0.15, 0.2) is 24.3 Å². The highest BCUT2D eigenvalue weighted by Crippen LogP contribution is 2.29. The Bertz CT molecular complexity index is 769. The van der Waals surface area contributed by atoms with E-state index in [0.29, 0.717) is 18.8 Å². The van der Waals surface area contributed by atoms with Gasteiger partial charge in [-0.2, -0.15) is 5.10 Å². The second kappa shape index (κ2) is 6.02. The van der Waals surface area contributed by atoms with Crippen molar-refractivity contribution in [1.82, 2.24) is 14.7 Å². The lowest BCUT2D eigenvalue weighted by Crippen LogP contribution is -2.42. The average Bonchev–Trinajstić information content (AvgIpc) is 3.17. The lowest BCUT2D eigenvalue weighted by atomic mass is 10.1. The molecule has 0 bridgehead atoms. The zero-order chi connectivity index (χ0) is 16.7. The van der Waals surface area contributed by atoms with Crippen LogP contribution < -0.4 is 0 Å². The first kappa shape index (κ1) is 15.3. The molecule has 1 aromatic heterocycles. The summed E-state index contributed by atoms with van der Waals surface area (Å²) in [6.07, 6.45) is 3.82. The third-order valence-corrected chi connectivity index (χ3v) is 4.89. The minimum absolute atomic E-state index is 0.104. The van der Waals surface area contributed by atoms with E-state index in [1.54, 1.807) is 21.7 Å². The van der Waals surface area contributed by atoms with E-state index in [1.165, 1.54) is 12.1 Å². The Morgan fingerprint density at radius 1 is 1.21 bits per heavy atom. The number of fused-ring (bicyclic) bond motifs is 1. The molecule has 1 aliphatic heterocycles. The number of amides is 1. The fourth-order valence-corrected chi connectivity index (χ4v) is 3.69. The molecule has 1 atom stereocenters. The summed E-state index contributed by atoms with van der Waals surface area (Å²) in [6.45, 7) is 1.03. The molecule has 1 aromatic carbocycles. The van der Waals surface area contributed by atoms with Gasteiger partial charge in [0.05, 0.1) is 11.8 Å². The SMILES string of the molecule is O=C(c1nn(-c2ccc(F)cc2)c2c1CCC2)N1CCCC(O)C1. The maximum atomic E-state index is 13.2. The Morgan fingerprint density at radius 2 is 2.00 bits per heavy atom. The van der Waals surface area contributed by atoms with Crippen LogP contribution in [-0.2, 0) is 12.8 Å². The van der Waals surface area contributed by atoms with Gasteiger partial charge in [0.1, 0.15) is 5.82 Å². The number of carbonyl (C=O) groups excluding carboxylic acids is 1. The van der Waals surface area contributed by atoms with Crippen LogP contribution in [0.25, 0.3) is 5.69 Å². The minimum atomic E-state index is -0.449. The summed E-state index contributed by atoms with van der Waals surface area (Å²) < 4.78 is 14.9. The largest absolute Gasteiger partial charge is 0.391 e. The third-order valence-electron chi connectivity index (χ3n) is 4.89. The summed E-state index contributed by atoms with van der Waals surface area (Å²) >= 11 is 0. The van der Waals surface area contributed by atoms with Gasteiger partial charge in [0, 0.05) is 24.3 Å². The van der Waals surface area contributed by atoms with Crippen LogP contribution in [0.3, 0.4) is 0 Å². The van der Waals surface area contributed by atoms with Crippen molar-refractivity contribution in [3.05, 3.63) is 47.0 Å². The molecule has 2 aliphatic rings. The predicted octanol–water partition coefficient (Wildman–Crippen LogP) is 2.10. The van der Waals surface area contributed by atoms with Gasteiger partial charge in [-0.3, -0.25) is 4.79 Å². The first-order chi connectivity index (χ1) is 11.6. The number of piperidine rings is 1. The maximum absolute atomic E-state index is 13.2. The van der Waals surface area contributed by atoms with Gasteiger partial charge in [-0.1, -0.05) is 0 Å². The molecule has 2 heterocycles. The van der Waals surface area contributed by atoms with Crippen LogP contribution in [0.4, 0.5) is 4.39 Å². The van der Waals surface area contributed by atoms with Crippen molar-refractivity contribution in [3.63, 3.8) is 0 Å². The normalized spacial score (nSPS) is 20.2. The van der Waals surface area contributed by atoms with Crippen LogP contribution in [-0.4, -0.2) is 44.9 Å². The molecule has 0 radical (unpaired) electrons. The first-order valence-corrected chi connectivity index (χ1v) is 8.47. The highest BCUT2D eigenvalue weighted by Gasteiger charge is 2.31. The maximum Gasteiger partial charge on any atom is 0.274 e. The van der Waals surface area contributed by atoms with E-state index in [9.17, 15) is 14.3 Å². The Kier molecular flexibility index (Phi) is 3.84. The number of aliphatic hydroxyl groups is 1. The van der Waals surface area contributed by atoms with Gasteiger partial charge in [0.15, 0.2) is 5.69 Å². The van der Waals surface area contributed by atoms with Gasteiger partial charge < -0.3 is 10.0 Å². The molecule has 1 N–H and O–H groups in total. The van der Waals surface area contributed by atoms with Crippen molar-refractivity contribution in [2.24, 2.45) is 0 Å². The first-order valence-electron chi connectivity index (χ1n) is 8.47. The standard InChI is InChI=1S/C18H20FN3O2/c19-12-6-8-13(9-7-12)22-16-5-1-4-15(16)17(20-22)18(24)21-10-2-3-14(23)11-21/h6-9,14,23H,1-5,10-11H2. The summed E-state index contributed by atoms with van der Waals surface area (Å²) in [4.78, 5) is 14.6. The zero-order valence-corrected chi connectivity index (χ0v) is 13.4. The molecule has 126 valence electrons. The zero-order valence-electron chi connectivity index (χ0n) is 13.4. The van der Waals surface area contributed by atoms with Crippen LogP contribution >= 0.6 is 0 Å². The summed E-state index contributed by atoms with van der Waals surface area (Å²) in [5.41, 5.74) is 3.31. The Balaban J connectivity index is 1.70. The predicted molar refractivity (Wildman–Crippen MR) is 86.7 cm³/mol. The van der Waals surface area contributed by atoms with E-state index in [0.717, 1.165) is 49.0 Å². The third kappa shape index (κ3) is 2.60. The van der Waals surface area contributed by atoms with Gasteiger partial charge >= 0.3 is 0 Å². The van der Waals surface area contributed by atoms with Crippen molar-refractivity contribution in [2.45, 2.75) is 38.2 Å². The molecule has 1 saturated heterocycles. The Morgan fingerprint density at radius 3 is 2.75 bits per heavy atom. The molecule has 2 aromatic rings. The molecule has 4 rings (SSSR count). The molecule has 24 heavy (non-hydrogen) atoms. The van der Waals surface area contributed by atoms with Crippen LogP contribution in [0.5, 0.6) is 0 Å². The number of hydrogen-bond acceptors (Lipinski definition) is 3. The van der Waals surface area contributed by atoms with E-state index in [1.807, 2.05) is 0 Å². The lowest BCUT2D eigenvalue weighted by molar-refractivity contribution is 0.0467. The number of aliphatic hydroxyl groups excluding tert-OH is 1. The summed E-state index contributed by atoms with van der Waals surface area (Å²) in [7, 11) is 0. The van der Waals surface area contributed by atoms with Crippen molar-refractivity contribution < 1.29 is 14.3 Å². The molecule has 0 saturated carbocycles. The molecule has 1 aliphatic carbocycles. The Hall–Kier alpha value is -2.21. The van der Waals surface area contributed by atoms with Crippen LogP contribution in [0, 0.1) is 5.82 Å². The average molecular weight is 329 g/mol. The number of hydrogen-bond donors (Lipinski definition) is 1. The van der Waals surface area contributed by atoms with Crippen LogP contribution in [0.2, 0.25) is 0 Å². The van der Waals surface area contributed by atoms with Crippen molar-refractivity contribution in [1.29, 1.82) is 0 Å². The van der Waals surface area contributed by atoms with Crippen molar-refractivity contribution in [2.75, 3.05) is 13.1 Å². The topological polar surface area (TPSA) is 58.4 Å². The number of benzene rings is 1. The number of β-amino-alcohol motifs (C(OH)–C–C–N with tert-alkyl or cyclic N) is 1. The second-order valence-corrected chi connectivity index (χ2v) is 6.56. The monoisotopic (exact) mass is 329 g/mol.